The van der Waals surface area contributed by atoms with E-state index in [0.717, 1.165) is 22.5 Å². The van der Waals surface area contributed by atoms with Crippen LogP contribution in [0.2, 0.25) is 0 Å². The molecule has 0 aliphatic carbocycles. The predicted octanol–water partition coefficient (Wildman–Crippen LogP) is 2.66. The molecule has 1 atom stereocenters. The fourth-order valence-corrected chi connectivity index (χ4v) is 3.98. The Balaban J connectivity index is 1.74. The smallest absolute Gasteiger partial charge is 0.241 e. The van der Waals surface area contributed by atoms with Crippen LogP contribution < -0.4 is 19.1 Å². The van der Waals surface area contributed by atoms with E-state index < -0.39 is 15.9 Å². The first-order chi connectivity index (χ1) is 13.8. The summed E-state index contributed by atoms with van der Waals surface area (Å²) in [4.78, 5) is 12.6. The van der Waals surface area contributed by atoms with Crippen molar-refractivity contribution in [2.75, 3.05) is 30.3 Å². The van der Waals surface area contributed by atoms with Gasteiger partial charge in [0.1, 0.15) is 19.8 Å². The van der Waals surface area contributed by atoms with Crippen molar-refractivity contribution in [2.45, 2.75) is 26.3 Å². The number of hydrogen-bond acceptors (Lipinski definition) is 5. The van der Waals surface area contributed by atoms with E-state index in [0.29, 0.717) is 30.4 Å². The van der Waals surface area contributed by atoms with Crippen molar-refractivity contribution in [1.29, 1.82) is 0 Å². The standard InChI is InChI=1S/C21H26N2O5S/c1-4-16-5-7-17(8-6-16)15(2)22-21(24)14-23(29(3,25)26)18-9-10-19-20(13-18)28-12-11-27-19/h5-10,13,15H,4,11-12,14H2,1-3H3,(H,22,24)/t15-/m1/s1. The molecule has 156 valence electrons. The Hall–Kier alpha value is -2.74. The van der Waals surface area contributed by atoms with Gasteiger partial charge in [0.05, 0.1) is 18.0 Å². The van der Waals surface area contributed by atoms with E-state index in [9.17, 15) is 13.2 Å². The number of amides is 1. The van der Waals surface area contributed by atoms with Crippen LogP contribution in [-0.2, 0) is 21.2 Å². The summed E-state index contributed by atoms with van der Waals surface area (Å²) >= 11 is 0. The average Bonchev–Trinajstić information content (AvgIpc) is 2.71. The zero-order valence-electron chi connectivity index (χ0n) is 16.8. The zero-order chi connectivity index (χ0) is 21.0. The third-order valence-electron chi connectivity index (χ3n) is 4.77. The van der Waals surface area contributed by atoms with Gasteiger partial charge in [0.15, 0.2) is 11.5 Å². The molecule has 3 rings (SSSR count). The van der Waals surface area contributed by atoms with Crippen LogP contribution in [-0.4, -0.2) is 40.3 Å². The number of aryl methyl sites for hydroxylation is 1. The van der Waals surface area contributed by atoms with Crippen molar-refractivity contribution in [3.8, 4) is 11.5 Å². The van der Waals surface area contributed by atoms with E-state index in [1.807, 2.05) is 31.2 Å². The first-order valence-electron chi connectivity index (χ1n) is 9.53. The number of benzene rings is 2. The Morgan fingerprint density at radius 3 is 2.38 bits per heavy atom. The van der Waals surface area contributed by atoms with Crippen LogP contribution in [0.5, 0.6) is 11.5 Å². The molecule has 1 heterocycles. The Labute approximate surface area is 171 Å². The van der Waals surface area contributed by atoms with Crippen LogP contribution in [0.25, 0.3) is 0 Å². The summed E-state index contributed by atoms with van der Waals surface area (Å²) in [6, 6.07) is 12.6. The summed E-state index contributed by atoms with van der Waals surface area (Å²) in [5, 5.41) is 2.87. The molecule has 1 N–H and O–H groups in total. The molecule has 0 radical (unpaired) electrons. The first-order valence-corrected chi connectivity index (χ1v) is 11.4. The minimum absolute atomic E-state index is 0.241. The summed E-state index contributed by atoms with van der Waals surface area (Å²) in [5.41, 5.74) is 2.53. The molecule has 0 unspecified atom stereocenters. The van der Waals surface area contributed by atoms with E-state index in [2.05, 4.69) is 12.2 Å². The quantitative estimate of drug-likeness (QED) is 0.747. The molecule has 7 nitrogen and oxygen atoms in total. The second-order valence-electron chi connectivity index (χ2n) is 6.98. The summed E-state index contributed by atoms with van der Waals surface area (Å²) in [6.07, 6.45) is 2.02. The molecule has 0 bridgehead atoms. The predicted molar refractivity (Wildman–Crippen MR) is 112 cm³/mol. The molecular formula is C21H26N2O5S. The fourth-order valence-electron chi connectivity index (χ4n) is 3.13. The molecule has 29 heavy (non-hydrogen) atoms. The number of anilines is 1. The maximum Gasteiger partial charge on any atom is 0.241 e. The lowest BCUT2D eigenvalue weighted by Gasteiger charge is -2.25. The van der Waals surface area contributed by atoms with Gasteiger partial charge in [-0.2, -0.15) is 0 Å². The summed E-state index contributed by atoms with van der Waals surface area (Å²) < 4.78 is 36.7. The van der Waals surface area contributed by atoms with E-state index in [4.69, 9.17) is 9.47 Å². The minimum atomic E-state index is -3.67. The van der Waals surface area contributed by atoms with Gasteiger partial charge in [-0.3, -0.25) is 9.10 Å². The van der Waals surface area contributed by atoms with Gasteiger partial charge in [0, 0.05) is 6.07 Å². The van der Waals surface area contributed by atoms with Gasteiger partial charge in [-0.05, 0) is 36.6 Å². The largest absolute Gasteiger partial charge is 0.486 e. The van der Waals surface area contributed by atoms with Gasteiger partial charge >= 0.3 is 0 Å². The van der Waals surface area contributed by atoms with Crippen LogP contribution in [0.4, 0.5) is 5.69 Å². The normalized spacial score (nSPS) is 14.2. The maximum atomic E-state index is 12.6. The monoisotopic (exact) mass is 418 g/mol. The van der Waals surface area contributed by atoms with Gasteiger partial charge < -0.3 is 14.8 Å². The second kappa shape index (κ2) is 8.73. The highest BCUT2D eigenvalue weighted by atomic mass is 32.2. The molecule has 0 spiro atoms. The molecule has 1 amide bonds. The number of carbonyl (C=O) groups excluding carboxylic acids is 1. The Morgan fingerprint density at radius 1 is 1.10 bits per heavy atom. The molecular weight excluding hydrogens is 392 g/mol. The number of nitrogens with one attached hydrogen (secondary N) is 1. The third kappa shape index (κ3) is 5.20. The Bertz CT molecular complexity index is 973. The minimum Gasteiger partial charge on any atom is -0.486 e. The highest BCUT2D eigenvalue weighted by molar-refractivity contribution is 7.92. The molecule has 1 aliphatic rings. The number of carbonyl (C=O) groups is 1. The molecule has 0 saturated carbocycles. The van der Waals surface area contributed by atoms with Crippen molar-refractivity contribution in [3.05, 3.63) is 53.6 Å². The fraction of sp³-hybridized carbons (Fsp3) is 0.381. The van der Waals surface area contributed by atoms with Gasteiger partial charge in [0.2, 0.25) is 15.9 Å². The Kier molecular flexibility index (Phi) is 6.32. The number of sulfonamides is 1. The maximum absolute atomic E-state index is 12.6. The highest BCUT2D eigenvalue weighted by Gasteiger charge is 2.24. The van der Waals surface area contributed by atoms with Crippen molar-refractivity contribution in [1.82, 2.24) is 5.32 Å². The van der Waals surface area contributed by atoms with E-state index >= 15 is 0 Å². The molecule has 0 saturated heterocycles. The van der Waals surface area contributed by atoms with Crippen molar-refractivity contribution < 1.29 is 22.7 Å². The Morgan fingerprint density at radius 2 is 1.76 bits per heavy atom. The number of fused-ring (bicyclic) bond motifs is 1. The molecule has 0 aromatic heterocycles. The van der Waals surface area contributed by atoms with Crippen molar-refractivity contribution in [3.63, 3.8) is 0 Å². The van der Waals surface area contributed by atoms with Gasteiger partial charge in [-0.15, -0.1) is 0 Å². The first kappa shape index (κ1) is 21.0. The summed E-state index contributed by atoms with van der Waals surface area (Å²) in [5.74, 6) is 0.631. The lowest BCUT2D eigenvalue weighted by molar-refractivity contribution is -0.120. The molecule has 8 heteroatoms. The number of nitrogens with zero attached hydrogens (tertiary/aromatic N) is 1. The summed E-state index contributed by atoms with van der Waals surface area (Å²) in [7, 11) is -3.67. The van der Waals surface area contributed by atoms with Crippen LogP contribution in [0.1, 0.15) is 31.0 Å². The summed E-state index contributed by atoms with van der Waals surface area (Å²) in [6.45, 7) is 4.47. The third-order valence-corrected chi connectivity index (χ3v) is 5.91. The van der Waals surface area contributed by atoms with E-state index in [1.165, 1.54) is 5.56 Å². The van der Waals surface area contributed by atoms with Crippen molar-refractivity contribution >= 4 is 21.6 Å². The van der Waals surface area contributed by atoms with Crippen LogP contribution in [0, 0.1) is 0 Å². The topological polar surface area (TPSA) is 84.9 Å². The van der Waals surface area contributed by atoms with Crippen molar-refractivity contribution in [2.24, 2.45) is 0 Å². The van der Waals surface area contributed by atoms with Crippen LogP contribution in [0.15, 0.2) is 42.5 Å². The lowest BCUT2D eigenvalue weighted by Crippen LogP contribution is -2.41. The van der Waals surface area contributed by atoms with Crippen LogP contribution >= 0.6 is 0 Å². The zero-order valence-corrected chi connectivity index (χ0v) is 17.7. The number of ether oxygens (including phenoxy) is 2. The van der Waals surface area contributed by atoms with E-state index in [1.54, 1.807) is 18.2 Å². The highest BCUT2D eigenvalue weighted by Crippen LogP contribution is 2.34. The van der Waals surface area contributed by atoms with Gasteiger partial charge in [-0.25, -0.2) is 8.42 Å². The van der Waals surface area contributed by atoms with E-state index in [-0.39, 0.29) is 12.6 Å². The molecule has 2 aromatic rings. The van der Waals surface area contributed by atoms with Gasteiger partial charge in [0.25, 0.3) is 0 Å². The van der Waals surface area contributed by atoms with Gasteiger partial charge in [-0.1, -0.05) is 31.2 Å². The SMILES string of the molecule is CCc1ccc([C@@H](C)NC(=O)CN(c2ccc3c(c2)OCCO3)S(C)(=O)=O)cc1. The molecule has 0 fully saturated rings. The second-order valence-corrected chi connectivity index (χ2v) is 8.89. The number of hydrogen-bond donors (Lipinski definition) is 1. The molecule has 1 aliphatic heterocycles. The molecule has 2 aromatic carbocycles. The number of rotatable bonds is 7. The average molecular weight is 419 g/mol. The van der Waals surface area contributed by atoms with Crippen LogP contribution in [0.3, 0.4) is 0 Å². The lowest BCUT2D eigenvalue weighted by atomic mass is 10.1.